The fraction of sp³-hybridized carbons (Fsp3) is 0.417. The summed E-state index contributed by atoms with van der Waals surface area (Å²) in [6, 6.07) is 0.748. The lowest BCUT2D eigenvalue weighted by molar-refractivity contribution is -0.143. The SMILES string of the molecule is O=C(O)C1(c2c(F)cc(O)c(O)c2Br)CCCC1. The molecule has 3 N–H and O–H groups in total. The average molecular weight is 319 g/mol. The zero-order valence-electron chi connectivity index (χ0n) is 9.41. The molecule has 0 radical (unpaired) electrons. The van der Waals surface area contributed by atoms with Crippen molar-refractivity contribution in [1.82, 2.24) is 0 Å². The zero-order valence-corrected chi connectivity index (χ0v) is 11.0. The van der Waals surface area contributed by atoms with Gasteiger partial charge in [0.25, 0.3) is 0 Å². The van der Waals surface area contributed by atoms with Crippen molar-refractivity contribution in [3.05, 3.63) is 21.9 Å². The Morgan fingerprint density at radius 2 is 1.89 bits per heavy atom. The van der Waals surface area contributed by atoms with E-state index in [1.807, 2.05) is 0 Å². The second-order valence-electron chi connectivity index (χ2n) is 4.51. The molecule has 0 atom stereocenters. The standard InChI is InChI=1S/C12H12BrFO4/c13-9-8(6(14)5-7(15)10(9)16)12(11(17)18)3-1-2-4-12/h5,15-16H,1-4H2,(H,17,18). The second kappa shape index (κ2) is 4.42. The van der Waals surface area contributed by atoms with Gasteiger partial charge in [0.15, 0.2) is 11.5 Å². The predicted octanol–water partition coefficient (Wildman–Crippen LogP) is 2.90. The molecule has 0 saturated heterocycles. The van der Waals surface area contributed by atoms with E-state index in [1.165, 1.54) is 0 Å². The quantitative estimate of drug-likeness (QED) is 0.733. The summed E-state index contributed by atoms with van der Waals surface area (Å²) >= 11 is 2.98. The number of phenols is 2. The summed E-state index contributed by atoms with van der Waals surface area (Å²) in [6.07, 6.45) is 2.03. The van der Waals surface area contributed by atoms with Crippen molar-refractivity contribution in [2.24, 2.45) is 0 Å². The second-order valence-corrected chi connectivity index (χ2v) is 5.30. The number of carboxylic acids is 1. The first-order valence-corrected chi connectivity index (χ1v) is 6.33. The van der Waals surface area contributed by atoms with Gasteiger partial charge < -0.3 is 15.3 Å². The molecule has 0 heterocycles. The van der Waals surface area contributed by atoms with Crippen LogP contribution in [-0.4, -0.2) is 21.3 Å². The Balaban J connectivity index is 2.70. The normalized spacial score (nSPS) is 17.9. The van der Waals surface area contributed by atoms with Gasteiger partial charge in [-0.15, -0.1) is 0 Å². The lowest BCUT2D eigenvalue weighted by Crippen LogP contribution is -2.34. The summed E-state index contributed by atoms with van der Waals surface area (Å²) in [6.45, 7) is 0. The fourth-order valence-electron chi connectivity index (χ4n) is 2.58. The van der Waals surface area contributed by atoms with Crippen LogP contribution < -0.4 is 0 Å². The van der Waals surface area contributed by atoms with Crippen molar-refractivity contribution >= 4 is 21.9 Å². The molecule has 0 amide bonds. The van der Waals surface area contributed by atoms with Gasteiger partial charge in [0.05, 0.1) is 9.89 Å². The van der Waals surface area contributed by atoms with E-state index in [0.29, 0.717) is 25.7 Å². The molecule has 0 unspecified atom stereocenters. The van der Waals surface area contributed by atoms with Crippen LogP contribution in [0.2, 0.25) is 0 Å². The van der Waals surface area contributed by atoms with Gasteiger partial charge in [-0.1, -0.05) is 12.8 Å². The minimum Gasteiger partial charge on any atom is -0.504 e. The first-order chi connectivity index (χ1) is 8.40. The smallest absolute Gasteiger partial charge is 0.314 e. The first kappa shape index (κ1) is 13.1. The predicted molar refractivity (Wildman–Crippen MR) is 65.2 cm³/mol. The average Bonchev–Trinajstić information content (AvgIpc) is 2.76. The van der Waals surface area contributed by atoms with Gasteiger partial charge in [-0.25, -0.2) is 4.39 Å². The van der Waals surface area contributed by atoms with Crippen LogP contribution in [0.5, 0.6) is 11.5 Å². The summed E-state index contributed by atoms with van der Waals surface area (Å²) in [5.74, 6) is -3.06. The van der Waals surface area contributed by atoms with Crippen molar-refractivity contribution < 1.29 is 24.5 Å². The number of aromatic hydroxyl groups is 2. The first-order valence-electron chi connectivity index (χ1n) is 5.54. The number of halogens is 2. The Morgan fingerprint density at radius 3 is 2.39 bits per heavy atom. The molecule has 6 heteroatoms. The molecule has 18 heavy (non-hydrogen) atoms. The van der Waals surface area contributed by atoms with Crippen LogP contribution in [0, 0.1) is 5.82 Å². The minimum atomic E-state index is -1.33. The molecule has 0 aliphatic heterocycles. The van der Waals surface area contributed by atoms with E-state index in [2.05, 4.69) is 15.9 Å². The molecule has 1 saturated carbocycles. The van der Waals surface area contributed by atoms with Crippen molar-refractivity contribution in [2.45, 2.75) is 31.1 Å². The van der Waals surface area contributed by atoms with E-state index >= 15 is 0 Å². The van der Waals surface area contributed by atoms with Crippen LogP contribution in [0.25, 0.3) is 0 Å². The number of hydrogen-bond donors (Lipinski definition) is 3. The van der Waals surface area contributed by atoms with Crippen LogP contribution >= 0.6 is 15.9 Å². The Bertz CT molecular complexity index is 509. The molecule has 0 bridgehead atoms. The summed E-state index contributed by atoms with van der Waals surface area (Å²) in [7, 11) is 0. The van der Waals surface area contributed by atoms with Crippen molar-refractivity contribution in [3.8, 4) is 11.5 Å². The lowest BCUT2D eigenvalue weighted by atomic mass is 9.78. The molecule has 4 nitrogen and oxygen atoms in total. The maximum Gasteiger partial charge on any atom is 0.314 e. The summed E-state index contributed by atoms with van der Waals surface area (Å²) in [4.78, 5) is 11.5. The molecule has 1 fully saturated rings. The number of carboxylic acid groups (broad SMARTS) is 1. The minimum absolute atomic E-state index is 0.0794. The van der Waals surface area contributed by atoms with E-state index in [4.69, 9.17) is 0 Å². The Hall–Kier alpha value is -1.30. The van der Waals surface area contributed by atoms with Crippen LogP contribution in [0.1, 0.15) is 31.2 Å². The topological polar surface area (TPSA) is 77.8 Å². The van der Waals surface area contributed by atoms with Gasteiger partial charge in [-0.05, 0) is 28.8 Å². The summed E-state index contributed by atoms with van der Waals surface area (Å²) < 4.78 is 13.9. The number of benzene rings is 1. The van der Waals surface area contributed by atoms with E-state index in [0.717, 1.165) is 6.07 Å². The number of rotatable bonds is 2. The molecule has 1 aliphatic rings. The summed E-state index contributed by atoms with van der Waals surface area (Å²) in [5.41, 5.74) is -1.41. The molecular weight excluding hydrogens is 307 g/mol. The molecule has 98 valence electrons. The van der Waals surface area contributed by atoms with Gasteiger partial charge in [-0.2, -0.15) is 0 Å². The monoisotopic (exact) mass is 318 g/mol. The van der Waals surface area contributed by atoms with Crippen LogP contribution in [0.15, 0.2) is 10.5 Å². The highest BCUT2D eigenvalue weighted by Crippen LogP contribution is 2.49. The number of aliphatic carboxylic acids is 1. The Kier molecular flexibility index (Phi) is 3.23. The maximum absolute atomic E-state index is 14.0. The van der Waals surface area contributed by atoms with E-state index in [-0.39, 0.29) is 10.0 Å². The van der Waals surface area contributed by atoms with Gasteiger partial charge >= 0.3 is 5.97 Å². The third kappa shape index (κ3) is 1.75. The van der Waals surface area contributed by atoms with Crippen molar-refractivity contribution in [1.29, 1.82) is 0 Å². The fourth-order valence-corrected chi connectivity index (χ4v) is 3.36. The molecule has 2 rings (SSSR count). The van der Waals surface area contributed by atoms with Crippen molar-refractivity contribution in [2.75, 3.05) is 0 Å². The highest BCUT2D eigenvalue weighted by molar-refractivity contribution is 9.10. The van der Waals surface area contributed by atoms with Gasteiger partial charge in [0.2, 0.25) is 0 Å². The Labute approximate surface area is 111 Å². The van der Waals surface area contributed by atoms with Crippen LogP contribution in [-0.2, 0) is 10.2 Å². The Morgan fingerprint density at radius 1 is 1.33 bits per heavy atom. The molecular formula is C12H12BrFO4. The number of carbonyl (C=O) groups is 1. The molecule has 0 spiro atoms. The molecule has 1 aromatic carbocycles. The molecule has 0 aromatic heterocycles. The van der Waals surface area contributed by atoms with E-state index in [9.17, 15) is 24.5 Å². The third-order valence-electron chi connectivity index (χ3n) is 3.52. The van der Waals surface area contributed by atoms with Crippen LogP contribution in [0.4, 0.5) is 4.39 Å². The summed E-state index contributed by atoms with van der Waals surface area (Å²) in [5, 5.41) is 28.3. The zero-order chi connectivity index (χ0) is 13.5. The van der Waals surface area contributed by atoms with Gasteiger partial charge in [-0.3, -0.25) is 4.79 Å². The largest absolute Gasteiger partial charge is 0.504 e. The highest BCUT2D eigenvalue weighted by atomic mass is 79.9. The number of phenolic OH excluding ortho intramolecular Hbond substituents is 2. The van der Waals surface area contributed by atoms with Crippen molar-refractivity contribution in [3.63, 3.8) is 0 Å². The highest BCUT2D eigenvalue weighted by Gasteiger charge is 2.46. The van der Waals surface area contributed by atoms with Gasteiger partial charge in [0, 0.05) is 11.6 Å². The number of hydrogen-bond acceptors (Lipinski definition) is 3. The van der Waals surface area contributed by atoms with E-state index in [1.54, 1.807) is 0 Å². The van der Waals surface area contributed by atoms with Gasteiger partial charge in [0.1, 0.15) is 5.82 Å². The molecule has 1 aromatic rings. The third-order valence-corrected chi connectivity index (χ3v) is 4.29. The van der Waals surface area contributed by atoms with Crippen LogP contribution in [0.3, 0.4) is 0 Å². The molecule has 1 aliphatic carbocycles. The maximum atomic E-state index is 14.0. The lowest BCUT2D eigenvalue weighted by Gasteiger charge is -2.26. The van der Waals surface area contributed by atoms with E-state index < -0.39 is 28.7 Å².